The Balaban J connectivity index is 0.000000219. The Morgan fingerprint density at radius 3 is 1.37 bits per heavy atom. The van der Waals surface area contributed by atoms with E-state index in [0.717, 1.165) is 12.8 Å². The molecule has 0 nitrogen and oxygen atoms in total. The quantitative estimate of drug-likeness (QED) is 0.198. The van der Waals surface area contributed by atoms with Gasteiger partial charge in [-0.25, -0.2) is 0 Å². The third-order valence-electron chi connectivity index (χ3n) is 4.17. The van der Waals surface area contributed by atoms with Crippen LogP contribution in [0.25, 0.3) is 21.5 Å². The summed E-state index contributed by atoms with van der Waals surface area (Å²) < 4.78 is 0. The molecule has 0 saturated carbocycles. The van der Waals surface area contributed by atoms with Gasteiger partial charge in [-0.1, -0.05) is 32.5 Å². The van der Waals surface area contributed by atoms with Gasteiger partial charge in [0.05, 0.1) is 0 Å². The van der Waals surface area contributed by atoms with E-state index in [1.165, 1.54) is 32.7 Å². The third-order valence-corrected chi connectivity index (χ3v) is 4.17. The molecule has 0 saturated heterocycles. The van der Waals surface area contributed by atoms with Crippen LogP contribution in [0.15, 0.2) is 72.8 Å². The number of hydrogen-bond donors (Lipinski definition) is 0. The summed E-state index contributed by atoms with van der Waals surface area (Å²) in [7, 11) is 12.8. The van der Waals surface area contributed by atoms with Gasteiger partial charge in [-0.3, -0.25) is 0 Å². The number of benzene rings is 2. The zero-order chi connectivity index (χ0) is 20.1. The average Bonchev–Trinajstić information content (AvgIpc) is 3.34. The van der Waals surface area contributed by atoms with E-state index in [1.54, 1.807) is 6.55 Å². The van der Waals surface area contributed by atoms with Crippen LogP contribution in [0, 0.1) is 0 Å². The minimum absolute atomic E-state index is 0.826. The molecule has 0 atom stereocenters. The van der Waals surface area contributed by atoms with Crippen molar-refractivity contribution in [3.8, 4) is 0 Å². The molecule has 4 rings (SSSR count). The van der Waals surface area contributed by atoms with E-state index in [-0.39, 0.29) is 0 Å². The van der Waals surface area contributed by atoms with E-state index in [0.29, 0.717) is 0 Å². The first-order valence-corrected chi connectivity index (χ1v) is 16.3. The van der Waals surface area contributed by atoms with Gasteiger partial charge in [0.25, 0.3) is 0 Å². The van der Waals surface area contributed by atoms with Crippen LogP contribution >= 0.6 is 17.0 Å². The molecule has 0 amide bonds. The van der Waals surface area contributed by atoms with E-state index in [2.05, 4.69) is 96.9 Å². The fraction of sp³-hybridized carbons (Fsp3) is 0.217. The summed E-state index contributed by atoms with van der Waals surface area (Å²) in [5.74, 6) is 0. The molecule has 0 fully saturated rings. The molecule has 27 heavy (non-hydrogen) atoms. The SMILES string of the molecule is CCc1cc2ccccc2[cH-]1.CCc1cc2ccccc2[cH-]1.C[Si].[Cl][Zr+2][Cl]. The van der Waals surface area contributed by atoms with Crippen molar-refractivity contribution < 1.29 is 20.8 Å². The topological polar surface area (TPSA) is 0 Å². The van der Waals surface area contributed by atoms with Crippen molar-refractivity contribution >= 4 is 48.8 Å². The Morgan fingerprint density at radius 2 is 1.07 bits per heavy atom. The zero-order valence-corrected chi connectivity index (χ0v) is 21.1. The van der Waals surface area contributed by atoms with Crippen molar-refractivity contribution in [3.63, 3.8) is 0 Å². The Hall–Kier alpha value is -0.660. The predicted octanol–water partition coefficient (Wildman–Crippen LogP) is 7.82. The molecule has 0 N–H and O–H groups in total. The molecular formula is C23H25Cl2SiZr. The Kier molecular flexibility index (Phi) is 13.0. The maximum absolute atomic E-state index is 4.93. The van der Waals surface area contributed by atoms with Crippen molar-refractivity contribution in [2.75, 3.05) is 0 Å². The van der Waals surface area contributed by atoms with Crippen molar-refractivity contribution in [3.05, 3.63) is 83.9 Å². The van der Waals surface area contributed by atoms with Crippen molar-refractivity contribution in [2.24, 2.45) is 0 Å². The first kappa shape index (κ1) is 24.4. The van der Waals surface area contributed by atoms with E-state index in [1.807, 2.05) is 0 Å². The molecule has 0 aliphatic rings. The van der Waals surface area contributed by atoms with E-state index >= 15 is 0 Å². The summed E-state index contributed by atoms with van der Waals surface area (Å²) in [5, 5.41) is 5.46. The fourth-order valence-corrected chi connectivity index (χ4v) is 2.84. The minimum atomic E-state index is -0.826. The second-order valence-electron chi connectivity index (χ2n) is 5.76. The van der Waals surface area contributed by atoms with Gasteiger partial charge in [0.2, 0.25) is 0 Å². The molecule has 3 radical (unpaired) electrons. The molecule has 0 unspecified atom stereocenters. The van der Waals surface area contributed by atoms with Gasteiger partial charge in [0, 0.05) is 10.2 Å². The first-order valence-electron chi connectivity index (χ1n) is 8.96. The molecule has 4 aromatic carbocycles. The second-order valence-corrected chi connectivity index (χ2v) is 9.50. The molecule has 4 aromatic rings. The van der Waals surface area contributed by atoms with Crippen molar-refractivity contribution in [2.45, 2.75) is 33.2 Å². The second kappa shape index (κ2) is 14.4. The van der Waals surface area contributed by atoms with Crippen LogP contribution < -0.4 is 0 Å². The summed E-state index contributed by atoms with van der Waals surface area (Å²) >= 11 is -0.826. The van der Waals surface area contributed by atoms with Crippen LogP contribution in [-0.2, 0) is 33.7 Å². The normalized spacial score (nSPS) is 9.26. The summed E-state index contributed by atoms with van der Waals surface area (Å²) in [5.41, 5.74) is 2.87. The standard InChI is InChI=1S/2C11H11.CH3Si.2ClH.Zr/c2*1-2-9-7-10-5-3-4-6-11(10)8-9;1-2;;;/h2*3-8H,2H2,1H3;1H3;2*1H;/q2*-1;;;;+4/p-2. The Bertz CT molecular complexity index is 755. The van der Waals surface area contributed by atoms with Crippen LogP contribution in [0.5, 0.6) is 0 Å². The summed E-state index contributed by atoms with van der Waals surface area (Å²) in [4.78, 5) is 0. The van der Waals surface area contributed by atoms with Gasteiger partial charge < -0.3 is 0 Å². The van der Waals surface area contributed by atoms with E-state index in [4.69, 9.17) is 17.0 Å². The molecule has 0 aliphatic heterocycles. The van der Waals surface area contributed by atoms with Gasteiger partial charge in [0.15, 0.2) is 0 Å². The van der Waals surface area contributed by atoms with Crippen molar-refractivity contribution in [1.29, 1.82) is 0 Å². The zero-order valence-electron chi connectivity index (χ0n) is 16.1. The van der Waals surface area contributed by atoms with Gasteiger partial charge in [-0.15, -0.1) is 81.2 Å². The molecule has 139 valence electrons. The Morgan fingerprint density at radius 1 is 0.741 bits per heavy atom. The van der Waals surface area contributed by atoms with Crippen molar-refractivity contribution in [1.82, 2.24) is 0 Å². The molecule has 0 spiro atoms. The van der Waals surface area contributed by atoms with E-state index < -0.39 is 20.8 Å². The number of halogens is 2. The third kappa shape index (κ3) is 8.08. The summed E-state index contributed by atoms with van der Waals surface area (Å²) in [6.45, 7) is 6.18. The van der Waals surface area contributed by atoms with Crippen LogP contribution in [0.4, 0.5) is 0 Å². The average molecular weight is 492 g/mol. The fourth-order valence-electron chi connectivity index (χ4n) is 2.84. The number of hydrogen-bond acceptors (Lipinski definition) is 0. The van der Waals surface area contributed by atoms with Gasteiger partial charge in [-0.05, 0) is 12.8 Å². The van der Waals surface area contributed by atoms with Gasteiger partial charge in [0.1, 0.15) is 0 Å². The van der Waals surface area contributed by atoms with Crippen LogP contribution in [0.3, 0.4) is 0 Å². The maximum atomic E-state index is 4.93. The molecule has 0 aromatic heterocycles. The molecule has 0 heterocycles. The van der Waals surface area contributed by atoms with E-state index in [9.17, 15) is 0 Å². The summed E-state index contributed by atoms with van der Waals surface area (Å²) in [6.07, 6.45) is 2.27. The van der Waals surface area contributed by atoms with Gasteiger partial charge >= 0.3 is 37.9 Å². The number of fused-ring (bicyclic) bond motifs is 2. The number of aryl methyl sites for hydroxylation is 2. The molecular weight excluding hydrogens is 466 g/mol. The monoisotopic (exact) mass is 489 g/mol. The molecule has 0 aliphatic carbocycles. The van der Waals surface area contributed by atoms with Gasteiger partial charge in [-0.2, -0.15) is 12.1 Å². The molecule has 0 bridgehead atoms. The van der Waals surface area contributed by atoms with Crippen LogP contribution in [0.1, 0.15) is 25.0 Å². The van der Waals surface area contributed by atoms with Crippen LogP contribution in [0.2, 0.25) is 6.55 Å². The Labute approximate surface area is 185 Å². The molecule has 4 heteroatoms. The predicted molar refractivity (Wildman–Crippen MR) is 121 cm³/mol. The summed E-state index contributed by atoms with van der Waals surface area (Å²) in [6, 6.07) is 26.0. The number of rotatable bonds is 2. The first-order chi connectivity index (χ1) is 13.2. The van der Waals surface area contributed by atoms with Crippen LogP contribution in [-0.4, -0.2) is 10.2 Å².